The molecule has 1 rings (SSSR count). The number of furan rings is 1. The van der Waals surface area contributed by atoms with Gasteiger partial charge in [0.15, 0.2) is 0 Å². The zero-order valence-electron chi connectivity index (χ0n) is 7.43. The predicted octanol–water partition coefficient (Wildman–Crippen LogP) is 3.78. The lowest BCUT2D eigenvalue weighted by Crippen LogP contribution is -1.81. The molecule has 0 aliphatic heterocycles. The van der Waals surface area contributed by atoms with Gasteiger partial charge in [0, 0.05) is 5.33 Å². The van der Waals surface area contributed by atoms with Crippen molar-refractivity contribution in [3.05, 3.63) is 29.2 Å². The Morgan fingerprint density at radius 1 is 1.67 bits per heavy atom. The van der Waals surface area contributed by atoms with E-state index in [2.05, 4.69) is 35.9 Å². The second-order valence-electron chi connectivity index (χ2n) is 2.76. The van der Waals surface area contributed by atoms with Crippen LogP contribution in [0, 0.1) is 6.92 Å². The van der Waals surface area contributed by atoms with Crippen molar-refractivity contribution in [2.24, 2.45) is 0 Å². The Kier molecular flexibility index (Phi) is 3.60. The summed E-state index contributed by atoms with van der Waals surface area (Å²) < 4.78 is 5.30. The highest BCUT2D eigenvalue weighted by molar-refractivity contribution is 9.09. The maximum absolute atomic E-state index is 5.30. The van der Waals surface area contributed by atoms with Crippen LogP contribution in [0.2, 0.25) is 0 Å². The molecule has 1 aromatic heterocycles. The molecule has 0 fully saturated rings. The van der Waals surface area contributed by atoms with Gasteiger partial charge in [-0.2, -0.15) is 0 Å². The zero-order chi connectivity index (χ0) is 8.97. The third-order valence-corrected chi connectivity index (χ3v) is 2.58. The van der Waals surface area contributed by atoms with Gasteiger partial charge in [-0.3, -0.25) is 0 Å². The molecule has 2 heteroatoms. The van der Waals surface area contributed by atoms with Crippen LogP contribution in [-0.2, 0) is 0 Å². The Balaban J connectivity index is 2.85. The molecule has 0 aromatic carbocycles. The maximum Gasteiger partial charge on any atom is 0.129 e. The second kappa shape index (κ2) is 4.51. The highest BCUT2D eigenvalue weighted by Crippen LogP contribution is 2.16. The largest absolute Gasteiger partial charge is 0.465 e. The van der Waals surface area contributed by atoms with E-state index in [4.69, 9.17) is 4.42 Å². The van der Waals surface area contributed by atoms with Crippen molar-refractivity contribution in [2.45, 2.75) is 20.3 Å². The maximum atomic E-state index is 5.30. The molecule has 0 unspecified atom stereocenters. The van der Waals surface area contributed by atoms with Crippen LogP contribution in [0.15, 0.2) is 22.3 Å². The van der Waals surface area contributed by atoms with E-state index in [0.29, 0.717) is 0 Å². The third-order valence-electron chi connectivity index (χ3n) is 1.86. The Labute approximate surface area is 81.6 Å². The van der Waals surface area contributed by atoms with Gasteiger partial charge in [0.2, 0.25) is 0 Å². The molecule has 0 saturated carbocycles. The van der Waals surface area contributed by atoms with E-state index in [-0.39, 0.29) is 0 Å². The highest BCUT2D eigenvalue weighted by Gasteiger charge is 1.99. The van der Waals surface area contributed by atoms with E-state index >= 15 is 0 Å². The van der Waals surface area contributed by atoms with E-state index < -0.39 is 0 Å². The van der Waals surface area contributed by atoms with Gasteiger partial charge >= 0.3 is 0 Å². The van der Waals surface area contributed by atoms with E-state index in [1.807, 2.05) is 6.07 Å². The Hall–Kier alpha value is -0.500. The smallest absolute Gasteiger partial charge is 0.129 e. The molecule has 0 spiro atoms. The van der Waals surface area contributed by atoms with Gasteiger partial charge in [0.1, 0.15) is 5.76 Å². The van der Waals surface area contributed by atoms with Crippen LogP contribution < -0.4 is 0 Å². The Morgan fingerprint density at radius 2 is 2.42 bits per heavy atom. The molecule has 0 amide bonds. The van der Waals surface area contributed by atoms with Gasteiger partial charge in [-0.05, 0) is 31.1 Å². The minimum Gasteiger partial charge on any atom is -0.465 e. The first-order valence-electron chi connectivity index (χ1n) is 4.07. The molecule has 0 N–H and O–H groups in total. The number of aryl methyl sites for hydroxylation is 1. The molecule has 1 heterocycles. The van der Waals surface area contributed by atoms with E-state index in [1.54, 1.807) is 6.26 Å². The summed E-state index contributed by atoms with van der Waals surface area (Å²) >= 11 is 3.44. The first-order valence-corrected chi connectivity index (χ1v) is 5.19. The molecule has 1 nitrogen and oxygen atoms in total. The topological polar surface area (TPSA) is 13.1 Å². The van der Waals surface area contributed by atoms with Gasteiger partial charge in [-0.1, -0.05) is 28.4 Å². The minimum atomic E-state index is 0.920. The highest BCUT2D eigenvalue weighted by atomic mass is 79.9. The van der Waals surface area contributed by atoms with Gasteiger partial charge in [0.05, 0.1) is 6.26 Å². The molecular weight excluding hydrogens is 216 g/mol. The molecule has 0 atom stereocenters. The van der Waals surface area contributed by atoms with Crippen molar-refractivity contribution in [1.29, 1.82) is 0 Å². The van der Waals surface area contributed by atoms with E-state index in [1.165, 1.54) is 11.1 Å². The van der Waals surface area contributed by atoms with Gasteiger partial charge < -0.3 is 4.42 Å². The molecule has 0 radical (unpaired) electrons. The minimum absolute atomic E-state index is 0.920. The SMILES string of the molecule is CC/C(=C/c1occc1C)CBr. The van der Waals surface area contributed by atoms with Gasteiger partial charge in [-0.15, -0.1) is 0 Å². The van der Waals surface area contributed by atoms with Crippen LogP contribution >= 0.6 is 15.9 Å². The number of rotatable bonds is 3. The fraction of sp³-hybridized carbons (Fsp3) is 0.400. The van der Waals surface area contributed by atoms with Crippen LogP contribution in [-0.4, -0.2) is 5.33 Å². The lowest BCUT2D eigenvalue weighted by Gasteiger charge is -1.97. The Bertz CT molecular complexity index is 267. The molecule has 12 heavy (non-hydrogen) atoms. The third kappa shape index (κ3) is 2.24. The first kappa shape index (κ1) is 9.59. The normalized spacial score (nSPS) is 12.1. The number of allylic oxidation sites excluding steroid dienone is 1. The second-order valence-corrected chi connectivity index (χ2v) is 3.32. The molecule has 1 aromatic rings. The van der Waals surface area contributed by atoms with Gasteiger partial charge in [-0.25, -0.2) is 0 Å². The van der Waals surface area contributed by atoms with Crippen LogP contribution in [0.5, 0.6) is 0 Å². The summed E-state index contributed by atoms with van der Waals surface area (Å²) in [6.07, 6.45) is 4.89. The lowest BCUT2D eigenvalue weighted by molar-refractivity contribution is 0.554. The number of halogens is 1. The zero-order valence-corrected chi connectivity index (χ0v) is 9.02. The van der Waals surface area contributed by atoms with Crippen molar-refractivity contribution in [3.8, 4) is 0 Å². The van der Waals surface area contributed by atoms with Crippen LogP contribution in [0.4, 0.5) is 0 Å². The number of hydrogen-bond donors (Lipinski definition) is 0. The molecule has 0 aliphatic carbocycles. The van der Waals surface area contributed by atoms with Gasteiger partial charge in [0.25, 0.3) is 0 Å². The Morgan fingerprint density at radius 3 is 2.83 bits per heavy atom. The van der Waals surface area contributed by atoms with E-state index in [9.17, 15) is 0 Å². The predicted molar refractivity (Wildman–Crippen MR) is 55.5 cm³/mol. The van der Waals surface area contributed by atoms with Crippen LogP contribution in [0.1, 0.15) is 24.7 Å². The standard InChI is InChI=1S/C10H13BrO/c1-3-9(7-11)6-10-8(2)4-5-12-10/h4-6H,3,7H2,1-2H3/b9-6-. The molecule has 0 saturated heterocycles. The van der Waals surface area contributed by atoms with E-state index in [0.717, 1.165) is 17.5 Å². The quantitative estimate of drug-likeness (QED) is 0.719. The summed E-state index contributed by atoms with van der Waals surface area (Å²) in [4.78, 5) is 0. The molecule has 0 bridgehead atoms. The summed E-state index contributed by atoms with van der Waals surface area (Å²) in [6.45, 7) is 4.20. The number of alkyl halides is 1. The number of hydrogen-bond acceptors (Lipinski definition) is 1. The first-order chi connectivity index (χ1) is 5.77. The molecule has 66 valence electrons. The lowest BCUT2D eigenvalue weighted by atomic mass is 10.2. The summed E-state index contributed by atoms with van der Waals surface area (Å²) in [5.41, 5.74) is 2.55. The average molecular weight is 229 g/mol. The van der Waals surface area contributed by atoms with Crippen LogP contribution in [0.3, 0.4) is 0 Å². The van der Waals surface area contributed by atoms with Crippen LogP contribution in [0.25, 0.3) is 6.08 Å². The fourth-order valence-corrected chi connectivity index (χ4v) is 1.51. The van der Waals surface area contributed by atoms with Crippen molar-refractivity contribution in [3.63, 3.8) is 0 Å². The van der Waals surface area contributed by atoms with Crippen molar-refractivity contribution in [1.82, 2.24) is 0 Å². The summed E-state index contributed by atoms with van der Waals surface area (Å²) in [6, 6.07) is 1.98. The fourth-order valence-electron chi connectivity index (χ4n) is 0.953. The monoisotopic (exact) mass is 228 g/mol. The summed E-state index contributed by atoms with van der Waals surface area (Å²) in [7, 11) is 0. The van der Waals surface area contributed by atoms with Crippen molar-refractivity contribution < 1.29 is 4.42 Å². The average Bonchev–Trinajstić information content (AvgIpc) is 2.47. The summed E-state index contributed by atoms with van der Waals surface area (Å²) in [5, 5.41) is 0.920. The molecule has 0 aliphatic rings. The summed E-state index contributed by atoms with van der Waals surface area (Å²) in [5.74, 6) is 0.978. The van der Waals surface area contributed by atoms with Crippen molar-refractivity contribution >= 4 is 22.0 Å². The van der Waals surface area contributed by atoms with Crippen molar-refractivity contribution in [2.75, 3.05) is 5.33 Å². The molecular formula is C10H13BrO.